The van der Waals surface area contributed by atoms with Crippen molar-refractivity contribution >= 4 is 39.6 Å². The van der Waals surface area contributed by atoms with Crippen molar-refractivity contribution in [1.82, 2.24) is 20.6 Å². The standard InChI is InChI=1S/C20H14N6O2.K.H/c27-17-11-18(28)26(14-6-3-5-13(10-14)20-22-24-25-23-20)16-9-8-12-4-1-2-7-15(12)19(16)21-17;;/h1-10H,11H2,(H,21,27)(H,22,23,24,25);;/q;+1;-1. The number of tetrazole rings is 1. The second kappa shape index (κ2) is 8.13. The third-order valence-corrected chi connectivity index (χ3v) is 4.68. The molecule has 2 N–H and O–H groups in total. The van der Waals surface area contributed by atoms with E-state index in [1.807, 2.05) is 54.6 Å². The second-order valence-electron chi connectivity index (χ2n) is 6.42. The molecule has 4 aromatic rings. The number of aromatic amines is 1. The SMILES string of the molecule is O=C1CC(=O)N(c2cccc(-c3nn[nH]n3)c2)c2ccc3ccccc3c2N1.[H-].[K+]. The predicted octanol–water partition coefficient (Wildman–Crippen LogP) is 0.143. The largest absolute Gasteiger partial charge is 1.00 e. The summed E-state index contributed by atoms with van der Waals surface area (Å²) < 4.78 is 0. The number of rotatable bonds is 2. The van der Waals surface area contributed by atoms with Gasteiger partial charge < -0.3 is 6.74 Å². The molecule has 1 aliphatic rings. The Morgan fingerprint density at radius 3 is 2.69 bits per heavy atom. The van der Waals surface area contributed by atoms with E-state index in [4.69, 9.17) is 0 Å². The molecule has 0 unspecified atom stereocenters. The average molecular weight is 410 g/mol. The molecule has 1 aliphatic heterocycles. The zero-order valence-corrected chi connectivity index (χ0v) is 18.7. The molecule has 3 aromatic carbocycles. The molecular weight excluding hydrogens is 395 g/mol. The number of fused-ring (bicyclic) bond motifs is 3. The van der Waals surface area contributed by atoms with Crippen LogP contribution in [-0.4, -0.2) is 32.4 Å². The zero-order chi connectivity index (χ0) is 19.1. The molecule has 2 amide bonds. The molecule has 0 fully saturated rings. The van der Waals surface area contributed by atoms with Gasteiger partial charge in [-0.1, -0.05) is 42.5 Å². The van der Waals surface area contributed by atoms with Crippen LogP contribution in [0.4, 0.5) is 17.1 Å². The van der Waals surface area contributed by atoms with E-state index in [1.165, 1.54) is 0 Å². The first-order chi connectivity index (χ1) is 13.7. The maximum atomic E-state index is 12.9. The molecule has 2 heterocycles. The summed E-state index contributed by atoms with van der Waals surface area (Å²) in [6.07, 6.45) is -0.241. The normalized spacial score (nSPS) is 13.4. The topological polar surface area (TPSA) is 104 Å². The Morgan fingerprint density at radius 2 is 1.86 bits per heavy atom. The minimum Gasteiger partial charge on any atom is -1.00 e. The van der Waals surface area contributed by atoms with Gasteiger partial charge in [0.15, 0.2) is 0 Å². The van der Waals surface area contributed by atoms with Crippen molar-refractivity contribution in [2.75, 3.05) is 10.2 Å². The van der Waals surface area contributed by atoms with Crippen molar-refractivity contribution in [2.24, 2.45) is 0 Å². The van der Waals surface area contributed by atoms with Gasteiger partial charge in [-0.3, -0.25) is 14.5 Å². The summed E-state index contributed by atoms with van der Waals surface area (Å²) in [5.74, 6) is -0.215. The number of aromatic nitrogens is 4. The quantitative estimate of drug-likeness (QED) is 0.362. The first-order valence-corrected chi connectivity index (χ1v) is 8.69. The Morgan fingerprint density at radius 1 is 1.00 bits per heavy atom. The van der Waals surface area contributed by atoms with Crippen LogP contribution in [0.5, 0.6) is 0 Å². The number of carbonyl (C=O) groups excluding carboxylic acids is 2. The Balaban J connectivity index is 0.00000128. The van der Waals surface area contributed by atoms with Crippen LogP contribution in [0, 0.1) is 0 Å². The second-order valence-corrected chi connectivity index (χ2v) is 6.42. The van der Waals surface area contributed by atoms with E-state index in [0.717, 1.165) is 10.8 Å². The minimum absolute atomic E-state index is 0. The van der Waals surface area contributed by atoms with E-state index in [9.17, 15) is 9.59 Å². The third-order valence-electron chi connectivity index (χ3n) is 4.68. The van der Waals surface area contributed by atoms with Gasteiger partial charge in [-0.05, 0) is 28.8 Å². The number of H-pyrrole nitrogens is 1. The molecule has 0 spiro atoms. The van der Waals surface area contributed by atoms with Gasteiger partial charge in [-0.2, -0.15) is 5.21 Å². The molecular formula is C20H15KN6O2. The van der Waals surface area contributed by atoms with Crippen LogP contribution < -0.4 is 61.6 Å². The van der Waals surface area contributed by atoms with Crippen LogP contribution >= 0.6 is 0 Å². The Labute approximate surface area is 209 Å². The summed E-state index contributed by atoms with van der Waals surface area (Å²) in [5.41, 5.74) is 2.59. The van der Waals surface area contributed by atoms with Gasteiger partial charge in [0.2, 0.25) is 17.6 Å². The first kappa shape index (κ1) is 19.9. The van der Waals surface area contributed by atoms with Crippen LogP contribution in [0.3, 0.4) is 0 Å². The van der Waals surface area contributed by atoms with E-state index in [0.29, 0.717) is 28.5 Å². The Kier molecular flexibility index (Phi) is 5.57. The molecule has 5 rings (SSSR count). The summed E-state index contributed by atoms with van der Waals surface area (Å²) in [6, 6.07) is 18.8. The number of nitrogens with one attached hydrogen (secondary N) is 2. The van der Waals surface area contributed by atoms with Crippen molar-refractivity contribution in [3.8, 4) is 11.4 Å². The maximum Gasteiger partial charge on any atom is 1.00 e. The summed E-state index contributed by atoms with van der Waals surface area (Å²) >= 11 is 0. The minimum atomic E-state index is -0.334. The van der Waals surface area contributed by atoms with Crippen molar-refractivity contribution in [3.63, 3.8) is 0 Å². The summed E-state index contributed by atoms with van der Waals surface area (Å²) in [6.45, 7) is 0. The Hall–Kier alpha value is -2.43. The van der Waals surface area contributed by atoms with Gasteiger partial charge in [0.1, 0.15) is 6.42 Å². The molecule has 0 radical (unpaired) electrons. The molecule has 8 nitrogen and oxygen atoms in total. The van der Waals surface area contributed by atoms with E-state index in [-0.39, 0.29) is 71.0 Å². The van der Waals surface area contributed by atoms with Gasteiger partial charge in [-0.15, -0.1) is 10.2 Å². The molecule has 0 saturated carbocycles. The van der Waals surface area contributed by atoms with Crippen molar-refractivity contribution in [3.05, 3.63) is 60.7 Å². The number of nitrogens with zero attached hydrogens (tertiary/aromatic N) is 4. The number of carbonyl (C=O) groups is 2. The number of benzene rings is 3. The van der Waals surface area contributed by atoms with Crippen molar-refractivity contribution < 1.29 is 62.4 Å². The van der Waals surface area contributed by atoms with Gasteiger partial charge in [0.05, 0.1) is 11.4 Å². The van der Waals surface area contributed by atoms with Crippen LogP contribution in [0.1, 0.15) is 7.85 Å². The number of hydrogen-bond donors (Lipinski definition) is 2. The van der Waals surface area contributed by atoms with E-state index < -0.39 is 0 Å². The smallest absolute Gasteiger partial charge is 1.00 e. The first-order valence-electron chi connectivity index (χ1n) is 8.69. The van der Waals surface area contributed by atoms with Crippen LogP contribution in [0.2, 0.25) is 0 Å². The average Bonchev–Trinajstić information content (AvgIpc) is 3.20. The van der Waals surface area contributed by atoms with Gasteiger partial charge in [0, 0.05) is 16.6 Å². The summed E-state index contributed by atoms with van der Waals surface area (Å²) in [4.78, 5) is 26.8. The van der Waals surface area contributed by atoms with E-state index >= 15 is 0 Å². The fraction of sp³-hybridized carbons (Fsp3) is 0.0500. The summed E-state index contributed by atoms with van der Waals surface area (Å²) in [7, 11) is 0. The third kappa shape index (κ3) is 3.63. The predicted molar refractivity (Wildman–Crippen MR) is 105 cm³/mol. The fourth-order valence-electron chi connectivity index (χ4n) is 3.46. The van der Waals surface area contributed by atoms with Crippen molar-refractivity contribution in [1.29, 1.82) is 0 Å². The molecule has 0 bridgehead atoms. The number of hydrogen-bond acceptors (Lipinski definition) is 5. The van der Waals surface area contributed by atoms with Gasteiger partial charge >= 0.3 is 51.4 Å². The summed E-state index contributed by atoms with van der Waals surface area (Å²) in [5, 5.41) is 18.7. The van der Waals surface area contributed by atoms with E-state index in [1.54, 1.807) is 11.0 Å². The molecule has 138 valence electrons. The molecule has 1 aromatic heterocycles. The molecule has 0 aliphatic carbocycles. The molecule has 0 atom stereocenters. The van der Waals surface area contributed by atoms with Gasteiger partial charge in [-0.25, -0.2) is 0 Å². The monoisotopic (exact) mass is 410 g/mol. The number of amides is 2. The van der Waals surface area contributed by atoms with Crippen LogP contribution in [0.15, 0.2) is 60.7 Å². The molecule has 29 heavy (non-hydrogen) atoms. The molecule has 9 heteroatoms. The van der Waals surface area contributed by atoms with E-state index in [2.05, 4.69) is 25.9 Å². The molecule has 0 saturated heterocycles. The Bertz CT molecular complexity index is 1230. The maximum absolute atomic E-state index is 12.9. The van der Waals surface area contributed by atoms with Crippen molar-refractivity contribution in [2.45, 2.75) is 6.42 Å². The van der Waals surface area contributed by atoms with Gasteiger partial charge in [0.25, 0.3) is 0 Å². The fourth-order valence-corrected chi connectivity index (χ4v) is 3.46. The van der Waals surface area contributed by atoms with Crippen LogP contribution in [0.25, 0.3) is 22.2 Å². The van der Waals surface area contributed by atoms with Crippen LogP contribution in [-0.2, 0) is 9.59 Å². The zero-order valence-electron chi connectivity index (χ0n) is 16.6. The number of anilines is 3.